The monoisotopic (exact) mass is 508 g/mol. The van der Waals surface area contributed by atoms with E-state index in [9.17, 15) is 18.8 Å². The predicted octanol–water partition coefficient (Wildman–Crippen LogP) is 4.81. The number of aromatic nitrogens is 1. The van der Waals surface area contributed by atoms with Crippen molar-refractivity contribution >= 4 is 55.9 Å². The fourth-order valence-corrected chi connectivity index (χ4v) is 3.64. The lowest BCUT2D eigenvalue weighted by atomic mass is 10.2. The van der Waals surface area contributed by atoms with Crippen molar-refractivity contribution in [2.24, 2.45) is 0 Å². The molecule has 4 rings (SSSR count). The van der Waals surface area contributed by atoms with Gasteiger partial charge in [0.2, 0.25) is 0 Å². The molecule has 7 nitrogen and oxygen atoms in total. The van der Waals surface area contributed by atoms with Crippen molar-refractivity contribution in [3.63, 3.8) is 0 Å². The maximum Gasteiger partial charge on any atom is 0.328 e. The number of fused-ring (bicyclic) bond motifs is 1. The number of halogens is 2. The van der Waals surface area contributed by atoms with Crippen molar-refractivity contribution in [3.8, 4) is 0 Å². The van der Waals surface area contributed by atoms with Crippen molar-refractivity contribution in [2.45, 2.75) is 6.92 Å². The molecule has 4 aromatic rings. The maximum atomic E-state index is 13.2. The van der Waals surface area contributed by atoms with E-state index in [0.29, 0.717) is 22.3 Å². The smallest absolute Gasteiger partial charge is 0.321 e. The van der Waals surface area contributed by atoms with Gasteiger partial charge in [0.1, 0.15) is 11.5 Å². The zero-order valence-electron chi connectivity index (χ0n) is 17.4. The van der Waals surface area contributed by atoms with E-state index in [1.54, 1.807) is 42.5 Å². The van der Waals surface area contributed by atoms with Crippen LogP contribution in [0.5, 0.6) is 0 Å². The number of carbonyl (C=O) groups is 3. The van der Waals surface area contributed by atoms with Gasteiger partial charge in [-0.3, -0.25) is 19.8 Å². The molecular weight excluding hydrogens is 491 g/mol. The normalized spacial score (nSPS) is 10.6. The third-order valence-electron chi connectivity index (χ3n) is 4.79. The molecule has 0 aliphatic carbocycles. The van der Waals surface area contributed by atoms with Gasteiger partial charge in [-0.1, -0.05) is 28.1 Å². The van der Waals surface area contributed by atoms with Gasteiger partial charge in [0.25, 0.3) is 5.91 Å². The zero-order valence-corrected chi connectivity index (χ0v) is 18.9. The van der Waals surface area contributed by atoms with Crippen molar-refractivity contribution < 1.29 is 18.8 Å². The van der Waals surface area contributed by atoms with E-state index in [0.717, 1.165) is 10.0 Å². The molecule has 0 aliphatic heterocycles. The second-order valence-electron chi connectivity index (χ2n) is 7.29. The number of nitrogens with zero attached hydrogens (tertiary/aromatic N) is 1. The standard InChI is InChI=1S/C24H18BrFN4O3/c1-14-3-2-4-19(11-14)28-23(32)24(33)29-30-20-10-5-16(25)12-15(20)13-21(30)22(31)27-18-8-6-17(26)7-9-18/h2-13H,1H3,(H,27,31)(H,28,32)(H,29,33). The SMILES string of the molecule is Cc1cccc(NC(=O)C(=O)Nn2c(C(=O)Nc3ccc(F)cc3)cc3cc(Br)ccc32)c1. The van der Waals surface area contributed by atoms with Crippen molar-refractivity contribution in [1.82, 2.24) is 4.68 Å². The first-order valence-corrected chi connectivity index (χ1v) is 10.7. The van der Waals surface area contributed by atoms with Crippen LogP contribution >= 0.6 is 15.9 Å². The minimum Gasteiger partial charge on any atom is -0.321 e. The highest BCUT2D eigenvalue weighted by atomic mass is 79.9. The highest BCUT2D eigenvalue weighted by Gasteiger charge is 2.21. The topological polar surface area (TPSA) is 92.2 Å². The third kappa shape index (κ3) is 5.09. The molecule has 0 fully saturated rings. The Balaban J connectivity index is 1.62. The van der Waals surface area contributed by atoms with Crippen LogP contribution in [0.3, 0.4) is 0 Å². The maximum absolute atomic E-state index is 13.2. The Labute approximate surface area is 196 Å². The molecule has 0 spiro atoms. The van der Waals surface area contributed by atoms with Crippen LogP contribution < -0.4 is 16.1 Å². The summed E-state index contributed by atoms with van der Waals surface area (Å²) in [6, 6.07) is 19.1. The largest absolute Gasteiger partial charge is 0.328 e. The predicted molar refractivity (Wildman–Crippen MR) is 128 cm³/mol. The molecule has 33 heavy (non-hydrogen) atoms. The molecule has 0 saturated carbocycles. The van der Waals surface area contributed by atoms with Crippen LogP contribution in [-0.4, -0.2) is 22.4 Å². The van der Waals surface area contributed by atoms with Gasteiger partial charge in [0.05, 0.1) is 5.52 Å². The van der Waals surface area contributed by atoms with E-state index in [2.05, 4.69) is 32.0 Å². The molecule has 0 saturated heterocycles. The second-order valence-corrected chi connectivity index (χ2v) is 8.21. The lowest BCUT2D eigenvalue weighted by molar-refractivity contribution is -0.133. The van der Waals surface area contributed by atoms with Gasteiger partial charge in [-0.15, -0.1) is 0 Å². The number of hydrogen-bond donors (Lipinski definition) is 3. The number of anilines is 2. The average molecular weight is 509 g/mol. The lowest BCUT2D eigenvalue weighted by Crippen LogP contribution is -2.36. The lowest BCUT2D eigenvalue weighted by Gasteiger charge is -2.13. The summed E-state index contributed by atoms with van der Waals surface area (Å²) in [6.07, 6.45) is 0. The summed E-state index contributed by atoms with van der Waals surface area (Å²) >= 11 is 3.38. The summed E-state index contributed by atoms with van der Waals surface area (Å²) < 4.78 is 15.2. The summed E-state index contributed by atoms with van der Waals surface area (Å²) in [5.74, 6) is -2.82. The molecule has 3 aromatic carbocycles. The highest BCUT2D eigenvalue weighted by molar-refractivity contribution is 9.10. The number of amides is 3. The molecule has 1 heterocycles. The molecular formula is C24H18BrFN4O3. The molecule has 0 atom stereocenters. The molecule has 3 amide bonds. The van der Waals surface area contributed by atoms with Crippen molar-refractivity contribution in [2.75, 3.05) is 16.1 Å². The second kappa shape index (κ2) is 9.25. The van der Waals surface area contributed by atoms with Crippen LogP contribution in [-0.2, 0) is 9.59 Å². The van der Waals surface area contributed by atoms with Crippen LogP contribution in [0.4, 0.5) is 15.8 Å². The summed E-state index contributed by atoms with van der Waals surface area (Å²) in [6.45, 7) is 1.87. The van der Waals surface area contributed by atoms with E-state index in [1.807, 2.05) is 13.0 Å². The minimum absolute atomic E-state index is 0.0872. The number of carbonyl (C=O) groups excluding carboxylic acids is 3. The highest BCUT2D eigenvalue weighted by Crippen LogP contribution is 2.24. The summed E-state index contributed by atoms with van der Waals surface area (Å²) in [7, 11) is 0. The molecule has 0 unspecified atom stereocenters. The Morgan fingerprint density at radius 1 is 0.848 bits per heavy atom. The molecule has 1 aromatic heterocycles. The molecule has 0 bridgehead atoms. The van der Waals surface area contributed by atoms with Crippen LogP contribution in [0.1, 0.15) is 16.1 Å². The first kappa shape index (κ1) is 22.2. The minimum atomic E-state index is -0.951. The fraction of sp³-hybridized carbons (Fsp3) is 0.0417. The molecule has 3 N–H and O–H groups in total. The van der Waals surface area contributed by atoms with Crippen LogP contribution in [0, 0.1) is 12.7 Å². The van der Waals surface area contributed by atoms with E-state index in [-0.39, 0.29) is 5.69 Å². The summed E-state index contributed by atoms with van der Waals surface area (Å²) in [4.78, 5) is 38.1. The van der Waals surface area contributed by atoms with Crippen LogP contribution in [0.15, 0.2) is 77.3 Å². The molecule has 9 heteroatoms. The summed E-state index contributed by atoms with van der Waals surface area (Å²) in [5, 5.41) is 5.86. The van der Waals surface area contributed by atoms with Gasteiger partial charge in [0, 0.05) is 21.2 Å². The zero-order chi connectivity index (χ0) is 23.5. The number of aryl methyl sites for hydroxylation is 1. The van der Waals surface area contributed by atoms with Gasteiger partial charge in [-0.2, -0.15) is 0 Å². The Morgan fingerprint density at radius 3 is 2.33 bits per heavy atom. The van der Waals surface area contributed by atoms with E-state index < -0.39 is 23.5 Å². The Morgan fingerprint density at radius 2 is 1.61 bits per heavy atom. The van der Waals surface area contributed by atoms with Crippen molar-refractivity contribution in [1.29, 1.82) is 0 Å². The molecule has 166 valence electrons. The Bertz CT molecular complexity index is 1380. The summed E-state index contributed by atoms with van der Waals surface area (Å²) in [5.41, 5.74) is 4.87. The van der Waals surface area contributed by atoms with Gasteiger partial charge in [-0.25, -0.2) is 9.07 Å². The Hall–Kier alpha value is -3.98. The van der Waals surface area contributed by atoms with Crippen LogP contribution in [0.2, 0.25) is 0 Å². The van der Waals surface area contributed by atoms with E-state index >= 15 is 0 Å². The van der Waals surface area contributed by atoms with Gasteiger partial charge >= 0.3 is 11.8 Å². The van der Waals surface area contributed by atoms with Crippen LogP contribution in [0.25, 0.3) is 10.9 Å². The van der Waals surface area contributed by atoms with Crippen molar-refractivity contribution in [3.05, 3.63) is 94.3 Å². The van der Waals surface area contributed by atoms with E-state index in [4.69, 9.17) is 0 Å². The molecule has 0 aliphatic rings. The van der Waals surface area contributed by atoms with Gasteiger partial charge < -0.3 is 10.6 Å². The number of rotatable bonds is 4. The quantitative estimate of drug-likeness (QED) is 0.345. The number of hydrogen-bond acceptors (Lipinski definition) is 3. The first-order chi connectivity index (χ1) is 15.8. The molecule has 0 radical (unpaired) electrons. The van der Waals surface area contributed by atoms with Gasteiger partial charge in [0.15, 0.2) is 0 Å². The van der Waals surface area contributed by atoms with Gasteiger partial charge in [-0.05, 0) is 73.2 Å². The fourth-order valence-electron chi connectivity index (χ4n) is 3.27. The average Bonchev–Trinajstić information content (AvgIpc) is 3.12. The van der Waals surface area contributed by atoms with E-state index in [1.165, 1.54) is 28.9 Å². The first-order valence-electron chi connectivity index (χ1n) is 9.87. The number of nitrogens with one attached hydrogen (secondary N) is 3. The number of benzene rings is 3. The third-order valence-corrected chi connectivity index (χ3v) is 5.29. The Kier molecular flexibility index (Phi) is 6.23.